The van der Waals surface area contributed by atoms with Crippen molar-refractivity contribution in [2.24, 2.45) is 5.92 Å². The number of benzene rings is 2. The van der Waals surface area contributed by atoms with Gasteiger partial charge in [-0.2, -0.15) is 0 Å². The second-order valence-corrected chi connectivity index (χ2v) is 7.72. The molecule has 0 unspecified atom stereocenters. The molecule has 1 amide bonds. The molecule has 0 bridgehead atoms. The largest absolute Gasteiger partial charge is 0.496 e. The van der Waals surface area contributed by atoms with Crippen LogP contribution in [0.4, 0.5) is 11.4 Å². The molecule has 2 aromatic rings. The van der Waals surface area contributed by atoms with Gasteiger partial charge >= 0.3 is 0 Å². The monoisotopic (exact) mass is 396 g/mol. The van der Waals surface area contributed by atoms with E-state index in [-0.39, 0.29) is 17.3 Å². The molecule has 154 valence electrons. The molecule has 1 saturated carbocycles. The van der Waals surface area contributed by atoms with Gasteiger partial charge in [-0.15, -0.1) is 0 Å². The third-order valence-electron chi connectivity index (χ3n) is 5.84. The number of nitrogens with zero attached hydrogens (tertiary/aromatic N) is 1. The lowest BCUT2D eigenvalue weighted by atomic mass is 9.77. The van der Waals surface area contributed by atoms with Crippen LogP contribution in [0.2, 0.25) is 0 Å². The fourth-order valence-corrected chi connectivity index (χ4v) is 4.19. The van der Waals surface area contributed by atoms with Crippen molar-refractivity contribution in [3.63, 3.8) is 0 Å². The number of nitro groups is 1. The third kappa shape index (κ3) is 5.13. The fourth-order valence-electron chi connectivity index (χ4n) is 4.19. The number of nitro benzene ring substituents is 1. The molecule has 0 atom stereocenters. The summed E-state index contributed by atoms with van der Waals surface area (Å²) in [6.45, 7) is 2.25. The predicted molar refractivity (Wildman–Crippen MR) is 114 cm³/mol. The summed E-state index contributed by atoms with van der Waals surface area (Å²) in [5.74, 6) is 1.42. The summed E-state index contributed by atoms with van der Waals surface area (Å²) in [4.78, 5) is 23.3. The van der Waals surface area contributed by atoms with Gasteiger partial charge in [0.15, 0.2) is 0 Å². The van der Waals surface area contributed by atoms with Crippen LogP contribution in [0.25, 0.3) is 0 Å². The van der Waals surface area contributed by atoms with E-state index >= 15 is 0 Å². The van der Waals surface area contributed by atoms with Gasteiger partial charge in [-0.05, 0) is 67.3 Å². The maximum Gasteiger partial charge on any atom is 0.296 e. The Bertz CT molecular complexity index is 856. The van der Waals surface area contributed by atoms with Gasteiger partial charge < -0.3 is 10.1 Å². The van der Waals surface area contributed by atoms with E-state index in [1.807, 2.05) is 12.1 Å². The van der Waals surface area contributed by atoms with Crippen LogP contribution >= 0.6 is 0 Å². The number of nitrogens with one attached hydrogen (secondary N) is 1. The van der Waals surface area contributed by atoms with E-state index in [9.17, 15) is 14.9 Å². The lowest BCUT2D eigenvalue weighted by molar-refractivity contribution is -0.384. The Morgan fingerprint density at radius 2 is 1.83 bits per heavy atom. The summed E-state index contributed by atoms with van der Waals surface area (Å²) in [5.41, 5.74) is 1.71. The van der Waals surface area contributed by atoms with E-state index in [1.165, 1.54) is 63.3 Å². The zero-order valence-electron chi connectivity index (χ0n) is 17.0. The Balaban J connectivity index is 1.66. The number of carbonyl (C=O) groups excluding carboxylic acids is 1. The van der Waals surface area contributed by atoms with Gasteiger partial charge in [0.2, 0.25) is 0 Å². The second-order valence-electron chi connectivity index (χ2n) is 7.72. The zero-order chi connectivity index (χ0) is 20.8. The molecule has 0 radical (unpaired) electrons. The topological polar surface area (TPSA) is 81.5 Å². The average Bonchev–Trinajstić information content (AvgIpc) is 2.74. The minimum atomic E-state index is -0.532. The van der Waals surface area contributed by atoms with Crippen molar-refractivity contribution in [3.8, 4) is 5.75 Å². The molecule has 0 aliphatic heterocycles. The Kier molecular flexibility index (Phi) is 6.86. The zero-order valence-corrected chi connectivity index (χ0v) is 17.0. The Morgan fingerprint density at radius 1 is 1.14 bits per heavy atom. The number of methoxy groups -OCH3 is 1. The second kappa shape index (κ2) is 9.54. The first kappa shape index (κ1) is 20.8. The summed E-state index contributed by atoms with van der Waals surface area (Å²) < 4.78 is 5.02. The molecule has 1 aliphatic rings. The third-order valence-corrected chi connectivity index (χ3v) is 5.84. The summed E-state index contributed by atoms with van der Waals surface area (Å²) in [6.07, 6.45) is 7.54. The van der Waals surface area contributed by atoms with Crippen molar-refractivity contribution in [1.82, 2.24) is 0 Å². The number of rotatable bonds is 7. The van der Waals surface area contributed by atoms with E-state index < -0.39 is 4.92 Å². The number of amides is 1. The van der Waals surface area contributed by atoms with Crippen LogP contribution in [0.5, 0.6) is 5.75 Å². The SMILES string of the molecule is CCCC1CCC(c2ccc(C(=O)Nc3ccc(OC)cc3[N+](=O)[O-])cc2)CC1. The van der Waals surface area contributed by atoms with Crippen LogP contribution < -0.4 is 10.1 Å². The van der Waals surface area contributed by atoms with E-state index in [2.05, 4.69) is 12.2 Å². The number of ether oxygens (including phenoxy) is 1. The van der Waals surface area contributed by atoms with Crippen molar-refractivity contribution < 1.29 is 14.5 Å². The van der Waals surface area contributed by atoms with Crippen molar-refractivity contribution >= 4 is 17.3 Å². The highest BCUT2D eigenvalue weighted by Gasteiger charge is 2.22. The molecule has 0 heterocycles. The maximum absolute atomic E-state index is 12.6. The van der Waals surface area contributed by atoms with Crippen LogP contribution in [-0.4, -0.2) is 17.9 Å². The van der Waals surface area contributed by atoms with Gasteiger partial charge in [-0.1, -0.05) is 31.9 Å². The fraction of sp³-hybridized carbons (Fsp3) is 0.435. The minimum absolute atomic E-state index is 0.152. The van der Waals surface area contributed by atoms with Crippen LogP contribution in [0.1, 0.15) is 67.3 Å². The van der Waals surface area contributed by atoms with E-state index in [4.69, 9.17) is 4.74 Å². The molecular weight excluding hydrogens is 368 g/mol. The number of hydrogen-bond donors (Lipinski definition) is 1. The predicted octanol–water partition coefficient (Wildman–Crippen LogP) is 5.93. The lowest BCUT2D eigenvalue weighted by Gasteiger charge is -2.28. The summed E-state index contributed by atoms with van der Waals surface area (Å²) >= 11 is 0. The van der Waals surface area contributed by atoms with Crippen LogP contribution in [0.15, 0.2) is 42.5 Å². The maximum atomic E-state index is 12.6. The smallest absolute Gasteiger partial charge is 0.296 e. The van der Waals surface area contributed by atoms with Crippen LogP contribution in [-0.2, 0) is 0 Å². The van der Waals surface area contributed by atoms with Crippen LogP contribution in [0.3, 0.4) is 0 Å². The highest BCUT2D eigenvalue weighted by Crippen LogP contribution is 2.37. The van der Waals surface area contributed by atoms with Crippen molar-refractivity contribution in [1.29, 1.82) is 0 Å². The first-order valence-electron chi connectivity index (χ1n) is 10.3. The molecular formula is C23H28N2O4. The quantitative estimate of drug-likeness (QED) is 0.464. The molecule has 0 spiro atoms. The number of anilines is 1. The van der Waals surface area contributed by atoms with Crippen LogP contribution in [0, 0.1) is 16.0 Å². The number of carbonyl (C=O) groups is 1. The molecule has 6 heteroatoms. The van der Waals surface area contributed by atoms with Crippen molar-refractivity contribution in [2.75, 3.05) is 12.4 Å². The molecule has 0 saturated heterocycles. The lowest BCUT2D eigenvalue weighted by Crippen LogP contribution is -2.15. The molecule has 6 nitrogen and oxygen atoms in total. The minimum Gasteiger partial charge on any atom is -0.496 e. The van der Waals surface area contributed by atoms with E-state index in [0.29, 0.717) is 17.2 Å². The Labute approximate surface area is 171 Å². The Hall–Kier alpha value is -2.89. The highest BCUT2D eigenvalue weighted by molar-refractivity contribution is 6.05. The van der Waals surface area contributed by atoms with Gasteiger partial charge in [-0.3, -0.25) is 14.9 Å². The summed E-state index contributed by atoms with van der Waals surface area (Å²) in [6, 6.07) is 12.0. The standard InChI is InChI=1S/C23H28N2O4/c1-3-4-16-5-7-17(8-6-16)18-9-11-19(12-10-18)23(26)24-21-14-13-20(29-2)15-22(21)25(27)28/h9-17H,3-8H2,1-2H3,(H,24,26). The van der Waals surface area contributed by atoms with E-state index in [0.717, 1.165) is 5.92 Å². The molecule has 3 rings (SSSR count). The van der Waals surface area contributed by atoms with Gasteiger partial charge in [0.25, 0.3) is 11.6 Å². The van der Waals surface area contributed by atoms with E-state index in [1.54, 1.807) is 18.2 Å². The van der Waals surface area contributed by atoms with Gasteiger partial charge in [-0.25, -0.2) is 0 Å². The molecule has 2 aromatic carbocycles. The normalized spacial score (nSPS) is 18.8. The average molecular weight is 396 g/mol. The van der Waals surface area contributed by atoms with Crippen molar-refractivity contribution in [3.05, 3.63) is 63.7 Å². The summed E-state index contributed by atoms with van der Waals surface area (Å²) in [7, 11) is 1.44. The van der Waals surface area contributed by atoms with Gasteiger partial charge in [0, 0.05) is 5.56 Å². The first-order valence-corrected chi connectivity index (χ1v) is 10.3. The van der Waals surface area contributed by atoms with Gasteiger partial charge in [0.05, 0.1) is 18.1 Å². The van der Waals surface area contributed by atoms with Gasteiger partial charge in [0.1, 0.15) is 11.4 Å². The molecule has 0 aromatic heterocycles. The molecule has 1 fully saturated rings. The van der Waals surface area contributed by atoms with Crippen molar-refractivity contribution in [2.45, 2.75) is 51.4 Å². The Morgan fingerprint density at radius 3 is 2.41 bits per heavy atom. The molecule has 1 aliphatic carbocycles. The molecule has 29 heavy (non-hydrogen) atoms. The number of hydrogen-bond acceptors (Lipinski definition) is 4. The summed E-state index contributed by atoms with van der Waals surface area (Å²) in [5, 5.41) is 13.9. The highest BCUT2D eigenvalue weighted by atomic mass is 16.6. The first-order chi connectivity index (χ1) is 14.0. The molecule has 1 N–H and O–H groups in total.